The van der Waals surface area contributed by atoms with Gasteiger partial charge < -0.3 is 0 Å². The largest absolute Gasteiger partial charge is 0.0610 e. The van der Waals surface area contributed by atoms with E-state index in [2.05, 4.69) is 0 Å². The first-order chi connectivity index (χ1) is 4.15. The van der Waals surface area contributed by atoms with Gasteiger partial charge in [-0.3, -0.25) is 0 Å². The third-order valence-corrected chi connectivity index (χ3v) is 24.9. The predicted molar refractivity (Wildman–Crippen MR) is 63.1 cm³/mol. The van der Waals surface area contributed by atoms with E-state index >= 15 is 0 Å². The molecule has 0 aliphatic rings. The van der Waals surface area contributed by atoms with Gasteiger partial charge in [-0.05, 0) is 70.8 Å². The van der Waals surface area contributed by atoms with Gasteiger partial charge in [0.2, 0.25) is 0 Å². The molecule has 0 aromatic carbocycles. The standard InChI is InChI=1S/CH3Cl6PS2/c1-8(9(2,3)4)10(5,6)7/h1H3. The Labute approximate surface area is 90.7 Å². The van der Waals surface area contributed by atoms with Gasteiger partial charge in [-0.1, -0.05) is 0 Å². The van der Waals surface area contributed by atoms with Gasteiger partial charge in [0.1, 0.15) is 0 Å². The molecule has 0 nitrogen and oxygen atoms in total. The molecule has 0 fully saturated rings. The molecular formula is CH3Cl6PS2. The van der Waals surface area contributed by atoms with Gasteiger partial charge in [0.25, 0.3) is 0 Å². The van der Waals surface area contributed by atoms with Crippen molar-refractivity contribution in [2.45, 2.75) is 0 Å². The van der Waals surface area contributed by atoms with Crippen LogP contribution in [0.1, 0.15) is 0 Å². The molecule has 0 atom stereocenters. The monoisotopic (exact) mass is 320 g/mol. The van der Waals surface area contributed by atoms with Crippen molar-refractivity contribution in [1.29, 1.82) is 0 Å². The highest BCUT2D eigenvalue weighted by atomic mass is 36.2. The summed E-state index contributed by atoms with van der Waals surface area (Å²) >= 11 is 0. The number of halogens is 6. The fourth-order valence-electron chi connectivity index (χ4n) is 0.0958. The zero-order chi connectivity index (χ0) is 8.58. The molecule has 0 radical (unpaired) electrons. The van der Waals surface area contributed by atoms with E-state index in [4.69, 9.17) is 64.1 Å². The van der Waals surface area contributed by atoms with E-state index in [0.717, 1.165) is 0 Å². The van der Waals surface area contributed by atoms with Crippen LogP contribution in [0.3, 0.4) is 0 Å². The van der Waals surface area contributed by atoms with Crippen molar-refractivity contribution in [3.05, 3.63) is 0 Å². The zero-order valence-corrected chi connectivity index (χ0v) is 11.6. The minimum atomic E-state index is -2.24. The highest BCUT2D eigenvalue weighted by molar-refractivity contribution is 9.34. The molecule has 0 saturated heterocycles. The maximum absolute atomic E-state index is 5.58. The lowest BCUT2D eigenvalue weighted by Crippen LogP contribution is -1.68. The van der Waals surface area contributed by atoms with Gasteiger partial charge in [-0.2, -0.15) is 0 Å². The molecule has 0 heterocycles. The number of rotatable bonds is 2. The lowest BCUT2D eigenvalue weighted by atomic mass is 12.0. The second-order valence-corrected chi connectivity index (χ2v) is 25.9. The number of hydrogen-bond donors (Lipinski definition) is 0. The van der Waals surface area contributed by atoms with Crippen molar-refractivity contribution < 1.29 is 0 Å². The highest BCUT2D eigenvalue weighted by Gasteiger charge is 2.36. The van der Waals surface area contributed by atoms with E-state index in [1.165, 1.54) is 0 Å². The molecule has 0 amide bonds. The first-order valence-corrected chi connectivity index (χ1v) is 13.0. The van der Waals surface area contributed by atoms with Crippen molar-refractivity contribution in [1.82, 2.24) is 0 Å². The molecule has 0 saturated carbocycles. The predicted octanol–water partition coefficient (Wildman–Crippen LogP) is 6.46. The summed E-state index contributed by atoms with van der Waals surface area (Å²) in [6.07, 6.45) is -1.10. The third-order valence-electron chi connectivity index (χ3n) is 0.583. The maximum Gasteiger partial charge on any atom is 0.0610 e. The molecule has 0 rings (SSSR count). The minimum absolute atomic E-state index is 1.10. The van der Waals surface area contributed by atoms with Gasteiger partial charge in [0.15, 0.2) is 0 Å². The van der Waals surface area contributed by atoms with E-state index in [1.54, 1.807) is 6.66 Å². The van der Waals surface area contributed by atoms with E-state index in [1.807, 2.05) is 0 Å². The number of hydrogen-bond acceptors (Lipinski definition) is 0. The van der Waals surface area contributed by atoms with Crippen LogP contribution in [-0.2, 0) is 0 Å². The molecule has 0 aromatic heterocycles. The summed E-state index contributed by atoms with van der Waals surface area (Å²) in [5.74, 6) is 0. The van der Waals surface area contributed by atoms with Crippen molar-refractivity contribution in [2.24, 2.45) is 0 Å². The molecule has 10 heavy (non-hydrogen) atoms. The Bertz CT molecular complexity index is 99.9. The summed E-state index contributed by atoms with van der Waals surface area (Å²) in [6.45, 7) is 1.68. The highest BCUT2D eigenvalue weighted by Crippen LogP contribution is 3.02. The molecule has 0 N–H and O–H groups in total. The topological polar surface area (TPSA) is 0 Å². The zero-order valence-electron chi connectivity index (χ0n) is 4.53. The Hall–Kier alpha value is 2.87. The van der Waals surface area contributed by atoms with E-state index < -0.39 is 20.9 Å². The molecule has 66 valence electrons. The smallest absolute Gasteiger partial charge is 0.0299 e. The quantitative estimate of drug-likeness (QED) is 0.512. The van der Waals surface area contributed by atoms with E-state index in [-0.39, 0.29) is 0 Å². The minimum Gasteiger partial charge on any atom is -0.0299 e. The van der Waals surface area contributed by atoms with Crippen molar-refractivity contribution in [3.8, 4) is 0 Å². The van der Waals surface area contributed by atoms with Gasteiger partial charge in [-0.15, -0.1) is 0 Å². The Morgan fingerprint density at radius 2 is 1.00 bits per heavy atom. The molecule has 0 spiro atoms. The average molecular weight is 323 g/mol. The van der Waals surface area contributed by atoms with Crippen LogP contribution in [0.25, 0.3) is 0 Å². The van der Waals surface area contributed by atoms with Crippen LogP contribution in [0.5, 0.6) is 0 Å². The maximum atomic E-state index is 5.58. The SMILES string of the molecule is CP(S(Cl)(Cl)Cl)S(Cl)(Cl)Cl. The van der Waals surface area contributed by atoms with Gasteiger partial charge >= 0.3 is 0 Å². The Kier molecular flexibility index (Phi) is 5.65. The molecule has 0 aliphatic heterocycles. The molecular weight excluding hydrogens is 320 g/mol. The van der Waals surface area contributed by atoms with Crippen LogP contribution in [0, 0.1) is 0 Å². The fourth-order valence-corrected chi connectivity index (χ4v) is 23.3. The van der Waals surface area contributed by atoms with E-state index in [0.29, 0.717) is 0 Å². The molecule has 9 heteroatoms. The molecule has 0 aliphatic carbocycles. The van der Waals surface area contributed by atoms with Crippen molar-refractivity contribution in [2.75, 3.05) is 6.66 Å². The molecule has 0 unspecified atom stereocenters. The lowest BCUT2D eigenvalue weighted by molar-refractivity contribution is 2.50. The van der Waals surface area contributed by atoms with Gasteiger partial charge in [0, 0.05) is 14.6 Å². The van der Waals surface area contributed by atoms with E-state index in [9.17, 15) is 0 Å². The summed E-state index contributed by atoms with van der Waals surface area (Å²) in [7, 11) is 29.0. The summed E-state index contributed by atoms with van der Waals surface area (Å²) in [4.78, 5) is 0. The van der Waals surface area contributed by atoms with Crippen LogP contribution < -0.4 is 0 Å². The normalized spacial score (nSPS) is 17.6. The van der Waals surface area contributed by atoms with Crippen molar-refractivity contribution in [3.63, 3.8) is 0 Å². The second-order valence-electron chi connectivity index (χ2n) is 1.20. The van der Waals surface area contributed by atoms with Gasteiger partial charge in [0.05, 0.1) is 6.33 Å². The van der Waals surface area contributed by atoms with Crippen LogP contribution in [0.2, 0.25) is 0 Å². The van der Waals surface area contributed by atoms with Crippen LogP contribution in [0.4, 0.5) is 0 Å². The summed E-state index contributed by atoms with van der Waals surface area (Å²) in [5, 5.41) is 0. The van der Waals surface area contributed by atoms with Gasteiger partial charge in [-0.25, -0.2) is 0 Å². The third kappa shape index (κ3) is 4.79. The first-order valence-electron chi connectivity index (χ1n) is 1.74. The Morgan fingerprint density at radius 1 is 0.800 bits per heavy atom. The summed E-state index contributed by atoms with van der Waals surface area (Å²) in [6, 6.07) is 0. The van der Waals surface area contributed by atoms with Crippen LogP contribution >= 0.6 is 85.0 Å². The Morgan fingerprint density at radius 3 is 1.00 bits per heavy atom. The first kappa shape index (κ1) is 12.9. The summed E-state index contributed by atoms with van der Waals surface area (Å²) in [5.41, 5.74) is 0. The van der Waals surface area contributed by atoms with Crippen molar-refractivity contribution >= 4 is 85.0 Å². The summed E-state index contributed by atoms with van der Waals surface area (Å²) < 4.78 is 0. The Balaban J connectivity index is 4.23. The lowest BCUT2D eigenvalue weighted by Gasteiger charge is -2.31. The molecule has 0 bridgehead atoms. The second kappa shape index (κ2) is 4.39. The van der Waals surface area contributed by atoms with Crippen LogP contribution in [-0.4, -0.2) is 6.66 Å². The van der Waals surface area contributed by atoms with Crippen LogP contribution in [0.15, 0.2) is 0 Å². The fraction of sp³-hybridized carbons (Fsp3) is 1.00. The molecule has 0 aromatic rings. The average Bonchev–Trinajstić information content (AvgIpc) is 1.59.